The van der Waals surface area contributed by atoms with Crippen molar-refractivity contribution in [1.82, 2.24) is 10.3 Å². The van der Waals surface area contributed by atoms with E-state index in [9.17, 15) is 10.1 Å². The lowest BCUT2D eigenvalue weighted by atomic mass is 10.3. The normalized spacial score (nSPS) is 11.7. The summed E-state index contributed by atoms with van der Waals surface area (Å²) < 4.78 is 0. The lowest BCUT2D eigenvalue weighted by Crippen LogP contribution is -2.30. The Hall–Kier alpha value is -1.58. The van der Waals surface area contributed by atoms with E-state index < -0.39 is 4.92 Å². The Morgan fingerprint density at radius 3 is 2.89 bits per heavy atom. The van der Waals surface area contributed by atoms with Crippen LogP contribution in [0.2, 0.25) is 0 Å². The molecule has 19 heavy (non-hydrogen) atoms. The molecule has 0 amide bonds. The topological polar surface area (TPSA) is 91.5 Å². The number of thiazole rings is 1. The highest BCUT2D eigenvalue weighted by molar-refractivity contribution is 7.79. The van der Waals surface area contributed by atoms with Gasteiger partial charge in [0.15, 0.2) is 5.82 Å². The van der Waals surface area contributed by atoms with Gasteiger partial charge in [0, 0.05) is 19.5 Å². The second kappa shape index (κ2) is 7.12. The standard InChI is InChI=1S/C10H14N4O3S2/c1-11-10(7(3-4-18)14(16)17)13(2)8-6-19-9(5-15)12-8/h4,6,11,15H,3,5H2,1-2H3. The molecule has 1 aromatic rings. The fourth-order valence-electron chi connectivity index (χ4n) is 1.48. The second-order valence-corrected chi connectivity index (χ2v) is 4.77. The summed E-state index contributed by atoms with van der Waals surface area (Å²) in [6.07, 6.45) is 0.0693. The Bertz CT molecular complexity index is 501. The molecule has 0 aliphatic heterocycles. The molecule has 9 heteroatoms. The van der Waals surface area contributed by atoms with Crippen molar-refractivity contribution >= 4 is 34.7 Å². The van der Waals surface area contributed by atoms with Crippen molar-refractivity contribution in [3.63, 3.8) is 0 Å². The smallest absolute Gasteiger partial charge is 0.290 e. The molecule has 0 radical (unpaired) electrons. The molecule has 1 rings (SSSR count). The number of aliphatic hydroxyl groups is 1. The molecule has 0 spiro atoms. The molecular weight excluding hydrogens is 288 g/mol. The van der Waals surface area contributed by atoms with Gasteiger partial charge in [0.25, 0.3) is 5.70 Å². The Morgan fingerprint density at radius 2 is 2.47 bits per heavy atom. The molecule has 104 valence electrons. The predicted octanol–water partition coefficient (Wildman–Crippen LogP) is 1.13. The summed E-state index contributed by atoms with van der Waals surface area (Å²) in [4.78, 5) is 16.3. The van der Waals surface area contributed by atoms with Crippen molar-refractivity contribution in [2.45, 2.75) is 13.0 Å². The average molecular weight is 302 g/mol. The fourth-order valence-corrected chi connectivity index (χ4v) is 2.32. The van der Waals surface area contributed by atoms with Gasteiger partial charge < -0.3 is 15.3 Å². The van der Waals surface area contributed by atoms with Gasteiger partial charge in [-0.15, -0.1) is 11.3 Å². The number of nitro groups is 1. The maximum absolute atomic E-state index is 11.0. The number of thiocarbonyl (C=S) groups is 1. The number of nitrogens with zero attached hydrogens (tertiary/aromatic N) is 3. The molecular formula is C10H14N4O3S2. The molecule has 1 aromatic heterocycles. The molecule has 0 aliphatic rings. The van der Waals surface area contributed by atoms with E-state index in [1.807, 2.05) is 0 Å². The zero-order valence-electron chi connectivity index (χ0n) is 10.5. The number of hydrogen-bond donors (Lipinski definition) is 2. The van der Waals surface area contributed by atoms with Crippen molar-refractivity contribution in [3.05, 3.63) is 32.0 Å². The van der Waals surface area contributed by atoms with E-state index in [4.69, 9.17) is 5.11 Å². The molecule has 0 saturated heterocycles. The first kappa shape index (κ1) is 15.5. The average Bonchev–Trinajstić information content (AvgIpc) is 2.86. The van der Waals surface area contributed by atoms with E-state index >= 15 is 0 Å². The predicted molar refractivity (Wildman–Crippen MR) is 77.8 cm³/mol. The van der Waals surface area contributed by atoms with Crippen LogP contribution in [0.25, 0.3) is 0 Å². The molecule has 0 unspecified atom stereocenters. The second-order valence-electron chi connectivity index (χ2n) is 3.49. The third-order valence-corrected chi connectivity index (χ3v) is 3.35. The Kier molecular flexibility index (Phi) is 5.80. The Morgan fingerprint density at radius 1 is 1.79 bits per heavy atom. The summed E-state index contributed by atoms with van der Waals surface area (Å²) >= 11 is 5.97. The van der Waals surface area contributed by atoms with Crippen LogP contribution in [0.3, 0.4) is 0 Å². The number of nitrogens with one attached hydrogen (secondary N) is 1. The molecule has 1 heterocycles. The molecule has 0 aromatic carbocycles. The summed E-state index contributed by atoms with van der Waals surface area (Å²) in [6.45, 7) is -0.154. The Balaban J connectivity index is 3.16. The van der Waals surface area contributed by atoms with E-state index in [1.165, 1.54) is 16.7 Å². The van der Waals surface area contributed by atoms with Crippen LogP contribution in [-0.4, -0.2) is 34.5 Å². The quantitative estimate of drug-likeness (QED) is 0.443. The van der Waals surface area contributed by atoms with E-state index in [2.05, 4.69) is 22.5 Å². The van der Waals surface area contributed by atoms with Crippen LogP contribution in [0.1, 0.15) is 11.4 Å². The van der Waals surface area contributed by atoms with Crippen molar-refractivity contribution in [3.8, 4) is 0 Å². The molecule has 0 saturated carbocycles. The summed E-state index contributed by atoms with van der Waals surface area (Å²) in [5.41, 5.74) is -0.0291. The number of hydrogen-bond acceptors (Lipinski definition) is 8. The minimum Gasteiger partial charge on any atom is -0.389 e. The van der Waals surface area contributed by atoms with Crippen LogP contribution in [-0.2, 0) is 6.61 Å². The third kappa shape index (κ3) is 3.69. The summed E-state index contributed by atoms with van der Waals surface area (Å²) in [6, 6.07) is 0. The molecule has 7 nitrogen and oxygen atoms in total. The molecule has 0 aliphatic carbocycles. The summed E-state index contributed by atoms with van der Waals surface area (Å²) in [5.74, 6) is 0.850. The van der Waals surface area contributed by atoms with Gasteiger partial charge in [-0.25, -0.2) is 4.98 Å². The SMILES string of the molecule is CNC(=C(CC=S)[N+](=O)[O-])N(C)c1csc(CO)n1. The van der Waals surface area contributed by atoms with E-state index in [-0.39, 0.29) is 18.7 Å². The van der Waals surface area contributed by atoms with Crippen molar-refractivity contribution in [2.75, 3.05) is 19.0 Å². The molecule has 0 atom stereocenters. The van der Waals surface area contributed by atoms with E-state index in [0.29, 0.717) is 16.6 Å². The highest BCUT2D eigenvalue weighted by Gasteiger charge is 2.22. The Labute approximate surface area is 119 Å². The molecule has 2 N–H and O–H groups in total. The molecule has 0 fully saturated rings. The number of aliphatic hydroxyl groups excluding tert-OH is 1. The van der Waals surface area contributed by atoms with E-state index in [1.54, 1.807) is 24.4 Å². The third-order valence-electron chi connectivity index (χ3n) is 2.36. The van der Waals surface area contributed by atoms with Gasteiger partial charge in [0.2, 0.25) is 0 Å². The van der Waals surface area contributed by atoms with Crippen LogP contribution >= 0.6 is 23.6 Å². The van der Waals surface area contributed by atoms with Gasteiger partial charge in [-0.05, 0) is 5.37 Å². The zero-order valence-corrected chi connectivity index (χ0v) is 12.1. The van der Waals surface area contributed by atoms with Crippen molar-refractivity contribution < 1.29 is 10.0 Å². The lowest BCUT2D eigenvalue weighted by molar-refractivity contribution is -0.427. The highest BCUT2D eigenvalue weighted by atomic mass is 32.1. The number of anilines is 1. The van der Waals surface area contributed by atoms with Crippen LogP contribution in [0, 0.1) is 10.1 Å². The van der Waals surface area contributed by atoms with Crippen LogP contribution in [0.5, 0.6) is 0 Å². The largest absolute Gasteiger partial charge is 0.389 e. The minimum atomic E-state index is -0.468. The monoisotopic (exact) mass is 302 g/mol. The summed E-state index contributed by atoms with van der Waals surface area (Å²) in [7, 11) is 3.26. The first-order valence-electron chi connectivity index (χ1n) is 5.33. The van der Waals surface area contributed by atoms with Crippen LogP contribution < -0.4 is 10.2 Å². The first-order chi connectivity index (χ1) is 9.04. The van der Waals surface area contributed by atoms with Gasteiger partial charge in [0.1, 0.15) is 10.8 Å². The van der Waals surface area contributed by atoms with Crippen LogP contribution in [0.15, 0.2) is 16.9 Å². The summed E-state index contributed by atoms with van der Waals surface area (Å²) in [5, 5.41) is 26.4. The maximum atomic E-state index is 11.0. The van der Waals surface area contributed by atoms with Crippen molar-refractivity contribution in [2.24, 2.45) is 0 Å². The van der Waals surface area contributed by atoms with Gasteiger partial charge >= 0.3 is 0 Å². The fraction of sp³-hybridized carbons (Fsp3) is 0.400. The minimum absolute atomic E-state index is 0.0291. The first-order valence-corrected chi connectivity index (χ1v) is 6.68. The lowest BCUT2D eigenvalue weighted by Gasteiger charge is -2.19. The maximum Gasteiger partial charge on any atom is 0.290 e. The van der Waals surface area contributed by atoms with Crippen LogP contribution in [0.4, 0.5) is 5.82 Å². The van der Waals surface area contributed by atoms with E-state index in [0.717, 1.165) is 0 Å². The van der Waals surface area contributed by atoms with Gasteiger partial charge in [-0.1, -0.05) is 12.2 Å². The van der Waals surface area contributed by atoms with Gasteiger partial charge in [-0.2, -0.15) is 0 Å². The highest BCUT2D eigenvalue weighted by Crippen LogP contribution is 2.22. The van der Waals surface area contributed by atoms with Gasteiger partial charge in [-0.3, -0.25) is 10.1 Å². The number of aromatic nitrogens is 1. The van der Waals surface area contributed by atoms with Crippen molar-refractivity contribution in [1.29, 1.82) is 0 Å². The molecule has 0 bridgehead atoms. The number of rotatable bonds is 7. The zero-order chi connectivity index (χ0) is 14.4. The number of allylic oxidation sites excluding steroid dienone is 1. The van der Waals surface area contributed by atoms with Gasteiger partial charge in [0.05, 0.1) is 18.0 Å².